The van der Waals surface area contributed by atoms with Crippen LogP contribution < -0.4 is 0 Å². The van der Waals surface area contributed by atoms with Gasteiger partial charge in [0.25, 0.3) is 0 Å². The van der Waals surface area contributed by atoms with Crippen molar-refractivity contribution in [1.29, 1.82) is 0 Å². The number of phenols is 3. The van der Waals surface area contributed by atoms with Crippen molar-refractivity contribution in [2.24, 2.45) is 5.41 Å². The summed E-state index contributed by atoms with van der Waals surface area (Å²) in [5.74, 6) is -5.01. The lowest BCUT2D eigenvalue weighted by molar-refractivity contribution is -0.127. The molecule has 1 aliphatic carbocycles. The number of carbonyl (C=O) groups excluding carboxylic acids is 3. The van der Waals surface area contributed by atoms with Crippen molar-refractivity contribution in [2.45, 2.75) is 100 Å². The van der Waals surface area contributed by atoms with Gasteiger partial charge in [-0.25, -0.2) is 0 Å². The van der Waals surface area contributed by atoms with E-state index in [9.17, 15) is 39.9 Å². The Morgan fingerprint density at radius 1 is 0.791 bits per heavy atom. The van der Waals surface area contributed by atoms with E-state index in [-0.39, 0.29) is 41.5 Å². The number of hydrogen-bond donors (Lipinski definition) is 5. The number of allylic oxidation sites excluding steroid dienone is 9. The second kappa shape index (κ2) is 14.4. The number of Topliss-reactive ketones (excluding diaryl/α,β-unsaturated/α-hetero) is 3. The third kappa shape index (κ3) is 7.66. The minimum Gasteiger partial charge on any atom is -0.511 e. The summed E-state index contributed by atoms with van der Waals surface area (Å²) in [6.45, 7) is 14.0. The number of aliphatic hydroxyl groups excluding tert-OH is 2. The fourth-order valence-electron chi connectivity index (χ4n) is 5.12. The molecule has 0 aliphatic heterocycles. The van der Waals surface area contributed by atoms with Crippen LogP contribution in [-0.4, -0.2) is 42.9 Å². The number of aromatic hydroxyl groups is 3. The van der Waals surface area contributed by atoms with E-state index in [1.54, 1.807) is 13.0 Å². The van der Waals surface area contributed by atoms with Crippen LogP contribution in [0.5, 0.6) is 17.2 Å². The van der Waals surface area contributed by atoms with Crippen molar-refractivity contribution in [1.82, 2.24) is 0 Å². The fourth-order valence-corrected chi connectivity index (χ4v) is 5.12. The molecule has 234 valence electrons. The highest BCUT2D eigenvalue weighted by atomic mass is 16.3. The Balaban J connectivity index is 2.80. The number of aliphatic hydroxyl groups is 2. The van der Waals surface area contributed by atoms with Crippen LogP contribution in [0.2, 0.25) is 0 Å². The molecule has 0 saturated carbocycles. The van der Waals surface area contributed by atoms with Gasteiger partial charge in [0.05, 0.1) is 5.41 Å². The van der Waals surface area contributed by atoms with Crippen LogP contribution in [0.15, 0.2) is 57.6 Å². The van der Waals surface area contributed by atoms with Crippen LogP contribution in [-0.2, 0) is 22.4 Å². The standard InChI is InChI=1S/C35H46O8/c1-9-11-26(37)28-30(39)23(15-14-20(4)5)29(38)24(31(28)40)18-25-32(41)27(22(7)36)34(43)35(8,33(25)42)17-16-21(6)13-10-12-19(2)3/h12,14,16,38-42H,9-11,13,15,17-18H2,1-8H3/t35-/m1/s1. The molecule has 1 aliphatic rings. The van der Waals surface area contributed by atoms with Gasteiger partial charge in [0.2, 0.25) is 0 Å². The SMILES string of the molecule is CCCC(=O)c1c(O)c(CC=C(C)C)c(O)c(CC2=C(O)[C@@](C)(CC=C(C)CCC=C(C)C)C(=O)C(C(C)=O)=C2O)c1O. The van der Waals surface area contributed by atoms with E-state index in [1.165, 1.54) is 12.5 Å². The smallest absolute Gasteiger partial charge is 0.183 e. The van der Waals surface area contributed by atoms with Crippen molar-refractivity contribution in [2.75, 3.05) is 0 Å². The Morgan fingerprint density at radius 3 is 1.91 bits per heavy atom. The Hall–Kier alpha value is -4.07. The predicted molar refractivity (Wildman–Crippen MR) is 168 cm³/mol. The zero-order valence-electron chi connectivity index (χ0n) is 26.6. The highest BCUT2D eigenvalue weighted by Crippen LogP contribution is 2.48. The molecule has 0 fully saturated rings. The highest BCUT2D eigenvalue weighted by molar-refractivity contribution is 6.23. The Morgan fingerprint density at radius 2 is 1.37 bits per heavy atom. The first-order valence-corrected chi connectivity index (χ1v) is 14.6. The average Bonchev–Trinajstić information content (AvgIpc) is 2.90. The number of carbonyl (C=O) groups is 3. The lowest BCUT2D eigenvalue weighted by atomic mass is 9.70. The van der Waals surface area contributed by atoms with E-state index in [0.29, 0.717) is 6.42 Å². The molecule has 8 heteroatoms. The lowest BCUT2D eigenvalue weighted by Crippen LogP contribution is -2.38. The van der Waals surface area contributed by atoms with Gasteiger partial charge in [-0.2, -0.15) is 0 Å². The van der Waals surface area contributed by atoms with Crippen LogP contribution in [0, 0.1) is 5.41 Å². The molecule has 0 bridgehead atoms. The second-order valence-corrected chi connectivity index (χ2v) is 12.1. The molecular formula is C35H46O8. The normalized spacial score (nSPS) is 17.3. The Bertz CT molecular complexity index is 1460. The van der Waals surface area contributed by atoms with Gasteiger partial charge >= 0.3 is 0 Å². The van der Waals surface area contributed by atoms with E-state index in [4.69, 9.17) is 0 Å². The summed E-state index contributed by atoms with van der Waals surface area (Å²) >= 11 is 0. The molecular weight excluding hydrogens is 548 g/mol. The lowest BCUT2D eigenvalue weighted by Gasteiger charge is -2.33. The molecule has 0 spiro atoms. The Labute approximate surface area is 254 Å². The molecule has 0 radical (unpaired) electrons. The molecule has 2 rings (SSSR count). The summed E-state index contributed by atoms with van der Waals surface area (Å²) in [5.41, 5.74) is 0.0957. The number of ketones is 3. The maximum absolute atomic E-state index is 13.6. The van der Waals surface area contributed by atoms with E-state index in [1.807, 2.05) is 40.7 Å². The summed E-state index contributed by atoms with van der Waals surface area (Å²) in [4.78, 5) is 39.1. The van der Waals surface area contributed by atoms with Crippen LogP contribution in [0.4, 0.5) is 0 Å². The van der Waals surface area contributed by atoms with E-state index < -0.39 is 63.5 Å². The average molecular weight is 595 g/mol. The van der Waals surface area contributed by atoms with Gasteiger partial charge in [-0.1, -0.05) is 41.9 Å². The van der Waals surface area contributed by atoms with Crippen LogP contribution in [0.25, 0.3) is 0 Å². The zero-order chi connectivity index (χ0) is 32.8. The number of hydrogen-bond acceptors (Lipinski definition) is 8. The van der Waals surface area contributed by atoms with Gasteiger partial charge in [0.1, 0.15) is 39.9 Å². The van der Waals surface area contributed by atoms with Gasteiger partial charge in [-0.15, -0.1) is 0 Å². The molecule has 0 saturated heterocycles. The maximum Gasteiger partial charge on any atom is 0.183 e. The van der Waals surface area contributed by atoms with Crippen LogP contribution >= 0.6 is 0 Å². The molecule has 0 amide bonds. The molecule has 8 nitrogen and oxygen atoms in total. The molecule has 0 heterocycles. The van der Waals surface area contributed by atoms with Crippen molar-refractivity contribution in [3.05, 3.63) is 74.3 Å². The Kier molecular flexibility index (Phi) is 11.8. The quantitative estimate of drug-likeness (QED) is 0.0884. The second-order valence-electron chi connectivity index (χ2n) is 12.1. The number of rotatable bonds is 13. The van der Waals surface area contributed by atoms with Crippen molar-refractivity contribution in [3.8, 4) is 17.2 Å². The van der Waals surface area contributed by atoms with Crippen LogP contribution in [0.3, 0.4) is 0 Å². The first-order chi connectivity index (χ1) is 20.0. The fraction of sp³-hybridized carbons (Fsp3) is 0.457. The topological polar surface area (TPSA) is 152 Å². The largest absolute Gasteiger partial charge is 0.511 e. The summed E-state index contributed by atoms with van der Waals surface area (Å²) < 4.78 is 0. The first kappa shape index (κ1) is 35.1. The molecule has 1 aromatic rings. The minimum atomic E-state index is -1.62. The summed E-state index contributed by atoms with van der Waals surface area (Å²) in [7, 11) is 0. The minimum absolute atomic E-state index is 0.00613. The van der Waals surface area contributed by atoms with Gasteiger partial charge in [-0.05, 0) is 80.6 Å². The van der Waals surface area contributed by atoms with Crippen molar-refractivity contribution < 1.29 is 39.9 Å². The molecule has 1 aromatic carbocycles. The summed E-state index contributed by atoms with van der Waals surface area (Å²) in [6, 6.07) is 0. The number of phenolic OH excluding ortho intramolecular Hbond substituents is 3. The molecule has 0 aromatic heterocycles. The summed E-state index contributed by atoms with van der Waals surface area (Å²) in [5, 5.41) is 56.1. The number of benzene rings is 1. The third-order valence-electron chi connectivity index (χ3n) is 7.80. The van der Waals surface area contributed by atoms with E-state index in [0.717, 1.165) is 30.9 Å². The molecule has 0 unspecified atom stereocenters. The van der Waals surface area contributed by atoms with Gasteiger partial charge in [0.15, 0.2) is 17.3 Å². The molecule has 5 N–H and O–H groups in total. The molecule has 43 heavy (non-hydrogen) atoms. The van der Waals surface area contributed by atoms with E-state index in [2.05, 4.69) is 6.08 Å². The van der Waals surface area contributed by atoms with E-state index >= 15 is 0 Å². The third-order valence-corrected chi connectivity index (χ3v) is 7.80. The first-order valence-electron chi connectivity index (χ1n) is 14.6. The van der Waals surface area contributed by atoms with Gasteiger partial charge in [-0.3, -0.25) is 14.4 Å². The van der Waals surface area contributed by atoms with Gasteiger partial charge in [0, 0.05) is 29.5 Å². The predicted octanol–water partition coefficient (Wildman–Crippen LogP) is 7.72. The highest BCUT2D eigenvalue weighted by Gasteiger charge is 2.47. The summed E-state index contributed by atoms with van der Waals surface area (Å²) in [6.07, 6.45) is 7.19. The van der Waals surface area contributed by atoms with Crippen LogP contribution in [0.1, 0.15) is 109 Å². The van der Waals surface area contributed by atoms with Crippen molar-refractivity contribution >= 4 is 17.3 Å². The van der Waals surface area contributed by atoms with Crippen molar-refractivity contribution in [3.63, 3.8) is 0 Å². The van der Waals surface area contributed by atoms with Gasteiger partial charge < -0.3 is 25.5 Å². The zero-order valence-corrected chi connectivity index (χ0v) is 26.6. The maximum atomic E-state index is 13.6. The monoisotopic (exact) mass is 594 g/mol. The molecule has 1 atom stereocenters.